The number of fused-ring (bicyclic) bond motifs is 1. The molecule has 0 saturated heterocycles. The molecule has 5 nitrogen and oxygen atoms in total. The molecule has 154 valence electrons. The van der Waals surface area contributed by atoms with Gasteiger partial charge < -0.3 is 15.0 Å². The van der Waals surface area contributed by atoms with Crippen molar-refractivity contribution >= 4 is 22.4 Å². The predicted octanol–water partition coefficient (Wildman–Crippen LogP) is 4.10. The van der Waals surface area contributed by atoms with Gasteiger partial charge in [0.05, 0.1) is 12.6 Å². The van der Waals surface area contributed by atoms with Crippen LogP contribution in [0, 0.1) is 23.2 Å². The smallest absolute Gasteiger partial charge is 0.258 e. The Morgan fingerprint density at radius 1 is 1.14 bits per heavy atom. The molecular weight excluding hydrogens is 364 g/mol. The van der Waals surface area contributed by atoms with Gasteiger partial charge in [0.2, 0.25) is 5.91 Å². The number of benzene rings is 1. The molecule has 0 aliphatic heterocycles. The zero-order valence-corrected chi connectivity index (χ0v) is 17.1. The van der Waals surface area contributed by atoms with Crippen molar-refractivity contribution in [3.8, 4) is 0 Å². The van der Waals surface area contributed by atoms with Gasteiger partial charge in [0.15, 0.2) is 0 Å². The number of aromatic nitrogens is 1. The van der Waals surface area contributed by atoms with Crippen molar-refractivity contribution in [2.75, 3.05) is 11.9 Å². The summed E-state index contributed by atoms with van der Waals surface area (Å²) in [4.78, 5) is 25.8. The summed E-state index contributed by atoms with van der Waals surface area (Å²) in [5.74, 6) is 2.57. The lowest BCUT2D eigenvalue weighted by molar-refractivity contribution is -0.124. The van der Waals surface area contributed by atoms with Crippen LogP contribution in [0.25, 0.3) is 10.8 Å². The van der Waals surface area contributed by atoms with E-state index in [4.69, 9.17) is 0 Å². The zero-order chi connectivity index (χ0) is 20.2. The molecule has 0 spiro atoms. The van der Waals surface area contributed by atoms with Gasteiger partial charge in [-0.3, -0.25) is 9.59 Å². The first-order valence-corrected chi connectivity index (χ1v) is 11.0. The van der Waals surface area contributed by atoms with Crippen LogP contribution >= 0.6 is 0 Å². The minimum atomic E-state index is -0.277. The van der Waals surface area contributed by atoms with Gasteiger partial charge in [-0.25, -0.2) is 0 Å². The van der Waals surface area contributed by atoms with Crippen LogP contribution in [0.4, 0.5) is 5.69 Å². The first-order chi connectivity index (χ1) is 14.0. The van der Waals surface area contributed by atoms with Gasteiger partial charge >= 0.3 is 0 Å². The number of aliphatic hydroxyl groups excluding tert-OH is 1. The van der Waals surface area contributed by atoms with E-state index in [1.165, 1.54) is 38.5 Å². The number of pyridine rings is 1. The quantitative estimate of drug-likeness (QED) is 0.802. The standard InChI is InChI=1S/C24H30N2O3/c1-15(14-27)26-6-5-19-20(23(26)29)3-2-4-21(19)25-22(28)13-24-10-16-7-17(11-24)9-18(8-16)12-24/h2-6,15-18,27H,7-14H2,1H3,(H,25,28)/t15-,16?,17?,18?,24?/m1/s1. The molecule has 4 fully saturated rings. The van der Waals surface area contributed by atoms with E-state index in [-0.39, 0.29) is 29.5 Å². The summed E-state index contributed by atoms with van der Waals surface area (Å²) in [6.45, 7) is 1.72. The Morgan fingerprint density at radius 3 is 2.41 bits per heavy atom. The Bertz CT molecular complexity index is 974. The molecule has 6 rings (SSSR count). The Balaban J connectivity index is 1.38. The molecule has 2 N–H and O–H groups in total. The fourth-order valence-corrected chi connectivity index (χ4v) is 6.88. The molecule has 5 heteroatoms. The summed E-state index contributed by atoms with van der Waals surface area (Å²) < 4.78 is 1.55. The number of nitrogens with one attached hydrogen (secondary N) is 1. The molecule has 0 radical (unpaired) electrons. The normalized spacial score (nSPS) is 31.2. The van der Waals surface area contributed by atoms with Crippen molar-refractivity contribution in [1.82, 2.24) is 4.57 Å². The fourth-order valence-electron chi connectivity index (χ4n) is 6.88. The summed E-state index contributed by atoms with van der Waals surface area (Å²) in [7, 11) is 0. The fraction of sp³-hybridized carbons (Fsp3) is 0.583. The number of rotatable bonds is 5. The lowest BCUT2D eigenvalue weighted by Crippen LogP contribution is -2.47. The number of carbonyl (C=O) groups excluding carboxylic acids is 1. The molecule has 1 aromatic heterocycles. The average molecular weight is 395 g/mol. The van der Waals surface area contributed by atoms with Gasteiger partial charge in [-0.2, -0.15) is 0 Å². The maximum Gasteiger partial charge on any atom is 0.258 e. The zero-order valence-electron chi connectivity index (χ0n) is 17.1. The van der Waals surface area contributed by atoms with E-state index < -0.39 is 0 Å². The first kappa shape index (κ1) is 18.9. The molecule has 29 heavy (non-hydrogen) atoms. The number of carbonyl (C=O) groups is 1. The molecule has 4 aliphatic carbocycles. The first-order valence-electron chi connectivity index (χ1n) is 11.0. The maximum absolute atomic E-state index is 13.0. The van der Waals surface area contributed by atoms with Crippen LogP contribution in [-0.2, 0) is 4.79 Å². The van der Waals surface area contributed by atoms with E-state index in [2.05, 4.69) is 5.32 Å². The number of amides is 1. The van der Waals surface area contributed by atoms with Gasteiger partial charge in [-0.15, -0.1) is 0 Å². The van der Waals surface area contributed by atoms with Crippen LogP contribution in [0.3, 0.4) is 0 Å². The van der Waals surface area contributed by atoms with Crippen LogP contribution in [-0.4, -0.2) is 22.2 Å². The van der Waals surface area contributed by atoms with Crippen molar-refractivity contribution in [1.29, 1.82) is 0 Å². The summed E-state index contributed by atoms with van der Waals surface area (Å²) in [5.41, 5.74) is 0.770. The average Bonchev–Trinajstić information content (AvgIpc) is 2.66. The molecule has 4 bridgehead atoms. The number of nitrogens with zero attached hydrogens (tertiary/aromatic N) is 1. The highest BCUT2D eigenvalue weighted by molar-refractivity contribution is 6.02. The molecule has 1 atom stereocenters. The lowest BCUT2D eigenvalue weighted by Gasteiger charge is -2.56. The highest BCUT2D eigenvalue weighted by atomic mass is 16.3. The van der Waals surface area contributed by atoms with E-state index >= 15 is 0 Å². The van der Waals surface area contributed by atoms with Crippen molar-refractivity contribution in [2.24, 2.45) is 23.2 Å². The van der Waals surface area contributed by atoms with Crippen molar-refractivity contribution < 1.29 is 9.90 Å². The third kappa shape index (κ3) is 3.29. The van der Waals surface area contributed by atoms with Gasteiger partial charge in [0, 0.05) is 29.1 Å². The third-order valence-electron chi connectivity index (χ3n) is 7.69. The Kier molecular flexibility index (Phi) is 4.54. The predicted molar refractivity (Wildman–Crippen MR) is 114 cm³/mol. The molecular formula is C24H30N2O3. The summed E-state index contributed by atoms with van der Waals surface area (Å²) in [6, 6.07) is 7.06. The van der Waals surface area contributed by atoms with Gasteiger partial charge in [-0.05, 0) is 86.8 Å². The summed E-state index contributed by atoms with van der Waals surface area (Å²) >= 11 is 0. The third-order valence-corrected chi connectivity index (χ3v) is 7.69. The Hall–Kier alpha value is -2.14. The lowest BCUT2D eigenvalue weighted by atomic mass is 9.49. The maximum atomic E-state index is 13.0. The van der Waals surface area contributed by atoms with E-state index in [1.807, 2.05) is 25.1 Å². The molecule has 1 heterocycles. The van der Waals surface area contributed by atoms with E-state index in [9.17, 15) is 14.7 Å². The van der Waals surface area contributed by atoms with Crippen LogP contribution in [0.2, 0.25) is 0 Å². The second-order valence-corrected chi connectivity index (χ2v) is 9.97. The van der Waals surface area contributed by atoms with Crippen molar-refractivity contribution in [3.05, 3.63) is 40.8 Å². The van der Waals surface area contributed by atoms with E-state index in [0.717, 1.165) is 23.1 Å². The minimum absolute atomic E-state index is 0.0763. The molecule has 1 aromatic carbocycles. The minimum Gasteiger partial charge on any atom is -0.394 e. The number of anilines is 1. The Morgan fingerprint density at radius 2 is 1.79 bits per heavy atom. The summed E-state index contributed by atoms with van der Waals surface area (Å²) in [6.07, 6.45) is 10.1. The topological polar surface area (TPSA) is 71.3 Å². The van der Waals surface area contributed by atoms with Crippen LogP contribution in [0.5, 0.6) is 0 Å². The second kappa shape index (κ2) is 6.98. The molecule has 2 aromatic rings. The van der Waals surface area contributed by atoms with Crippen LogP contribution in [0.15, 0.2) is 35.3 Å². The Labute approximate surface area is 171 Å². The molecule has 1 amide bonds. The van der Waals surface area contributed by atoms with Crippen LogP contribution in [0.1, 0.15) is 57.9 Å². The highest BCUT2D eigenvalue weighted by Crippen LogP contribution is 2.61. The monoisotopic (exact) mass is 394 g/mol. The van der Waals surface area contributed by atoms with Gasteiger partial charge in [-0.1, -0.05) is 6.07 Å². The van der Waals surface area contributed by atoms with Gasteiger partial charge in [0.25, 0.3) is 5.56 Å². The largest absolute Gasteiger partial charge is 0.394 e. The number of aliphatic hydroxyl groups is 1. The van der Waals surface area contributed by atoms with Crippen LogP contribution < -0.4 is 10.9 Å². The number of hydrogen-bond donors (Lipinski definition) is 2. The number of hydrogen-bond acceptors (Lipinski definition) is 3. The van der Waals surface area contributed by atoms with Crippen molar-refractivity contribution in [2.45, 2.75) is 57.9 Å². The van der Waals surface area contributed by atoms with E-state index in [1.54, 1.807) is 16.8 Å². The van der Waals surface area contributed by atoms with E-state index in [0.29, 0.717) is 17.5 Å². The van der Waals surface area contributed by atoms with Crippen molar-refractivity contribution in [3.63, 3.8) is 0 Å². The molecule has 4 saturated carbocycles. The van der Waals surface area contributed by atoms with Gasteiger partial charge in [0.1, 0.15) is 0 Å². The summed E-state index contributed by atoms with van der Waals surface area (Å²) in [5, 5.41) is 13.8. The molecule has 4 aliphatic rings. The second-order valence-electron chi connectivity index (χ2n) is 9.97. The SMILES string of the molecule is C[C@H](CO)n1ccc2c(NC(=O)CC34CC5CC(CC(C5)C3)C4)cccc2c1=O. The highest BCUT2D eigenvalue weighted by Gasteiger charge is 2.51. The molecule has 0 unspecified atom stereocenters.